The van der Waals surface area contributed by atoms with Gasteiger partial charge >= 0.3 is 11.8 Å². The van der Waals surface area contributed by atoms with Crippen molar-refractivity contribution in [2.45, 2.75) is 50.7 Å². The number of benzene rings is 1. The summed E-state index contributed by atoms with van der Waals surface area (Å²) < 4.78 is 5.66. The normalized spacial score (nSPS) is 20.4. The highest BCUT2D eigenvalue weighted by molar-refractivity contribution is 6.35. The zero-order chi connectivity index (χ0) is 19.3. The second kappa shape index (κ2) is 8.61. The second-order valence-corrected chi connectivity index (χ2v) is 7.84. The molecule has 0 radical (unpaired) electrons. The topological polar surface area (TPSA) is 75.8 Å². The fourth-order valence-electron chi connectivity index (χ4n) is 4.43. The molecule has 1 aliphatic carbocycles. The fraction of sp³-hybridized carbons (Fsp3) is 0.455. The van der Waals surface area contributed by atoms with E-state index in [0.717, 1.165) is 51.0 Å². The molecule has 2 amide bonds. The minimum Gasteiger partial charge on any atom is -0.463 e. The zero-order valence-electron chi connectivity index (χ0n) is 16.1. The molecule has 1 aromatic heterocycles. The third-order valence-corrected chi connectivity index (χ3v) is 5.99. The Balaban J connectivity index is 1.40. The number of hydrogen-bond donors (Lipinski definition) is 3. The number of fused-ring (bicyclic) bond motifs is 1. The van der Waals surface area contributed by atoms with Gasteiger partial charge in [0.2, 0.25) is 0 Å². The maximum Gasteiger partial charge on any atom is 0.309 e. The van der Waals surface area contributed by atoms with Crippen LogP contribution >= 0.6 is 0 Å². The Morgan fingerprint density at radius 2 is 1.86 bits per heavy atom. The minimum absolute atomic E-state index is 0.0217. The zero-order valence-corrected chi connectivity index (χ0v) is 16.1. The van der Waals surface area contributed by atoms with Crippen molar-refractivity contribution in [3.63, 3.8) is 0 Å². The van der Waals surface area contributed by atoms with Gasteiger partial charge < -0.3 is 20.0 Å². The first kappa shape index (κ1) is 18.7. The number of carbonyl (C=O) groups excluding carboxylic acids is 2. The first-order chi connectivity index (χ1) is 13.7. The predicted molar refractivity (Wildman–Crippen MR) is 105 cm³/mol. The van der Waals surface area contributed by atoms with Crippen molar-refractivity contribution < 1.29 is 18.9 Å². The van der Waals surface area contributed by atoms with Gasteiger partial charge in [0.05, 0.1) is 19.4 Å². The van der Waals surface area contributed by atoms with Gasteiger partial charge in [-0.15, -0.1) is 0 Å². The standard InChI is InChI=1S/C22H27N3O3/c26-21(22(27)24-18-8-3-4-9-18)23-14-19(20-10-5-13-28-20)25-12-11-16-6-1-2-7-17(16)15-25/h1-2,5-7,10,13,18-19H,3-4,8-9,11-12,14-15H2,(H,23,26)(H,24,27)/p+1/t19-/m0/s1. The summed E-state index contributed by atoms with van der Waals surface area (Å²) in [5.74, 6) is -0.241. The van der Waals surface area contributed by atoms with E-state index in [9.17, 15) is 9.59 Å². The van der Waals surface area contributed by atoms with Crippen molar-refractivity contribution in [2.75, 3.05) is 13.1 Å². The van der Waals surface area contributed by atoms with Gasteiger partial charge in [-0.2, -0.15) is 0 Å². The third-order valence-electron chi connectivity index (χ3n) is 5.99. The molecule has 2 aromatic rings. The van der Waals surface area contributed by atoms with E-state index in [-0.39, 0.29) is 12.1 Å². The molecule has 6 nitrogen and oxygen atoms in total. The maximum atomic E-state index is 12.3. The summed E-state index contributed by atoms with van der Waals surface area (Å²) in [4.78, 5) is 25.8. The van der Waals surface area contributed by atoms with Gasteiger partial charge in [-0.05, 0) is 30.5 Å². The molecule has 0 saturated heterocycles. The Kier molecular flexibility index (Phi) is 5.76. The number of amides is 2. The molecule has 0 spiro atoms. The van der Waals surface area contributed by atoms with Crippen molar-refractivity contribution in [3.8, 4) is 0 Å². The Bertz CT molecular complexity index is 812. The highest BCUT2D eigenvalue weighted by Gasteiger charge is 2.31. The molecule has 3 N–H and O–H groups in total. The lowest BCUT2D eigenvalue weighted by Gasteiger charge is -2.31. The molecule has 1 saturated carbocycles. The Morgan fingerprint density at radius 3 is 2.61 bits per heavy atom. The average molecular weight is 382 g/mol. The van der Waals surface area contributed by atoms with Crippen molar-refractivity contribution in [3.05, 3.63) is 59.5 Å². The van der Waals surface area contributed by atoms with Crippen LogP contribution in [-0.2, 0) is 22.6 Å². The van der Waals surface area contributed by atoms with Crippen LogP contribution in [0.5, 0.6) is 0 Å². The molecule has 2 heterocycles. The average Bonchev–Trinajstić information content (AvgIpc) is 3.42. The molecular formula is C22H28N3O3+. The van der Waals surface area contributed by atoms with Crippen molar-refractivity contribution in [1.82, 2.24) is 10.6 Å². The molecule has 6 heteroatoms. The van der Waals surface area contributed by atoms with E-state index >= 15 is 0 Å². The first-order valence-electron chi connectivity index (χ1n) is 10.2. The van der Waals surface area contributed by atoms with E-state index in [4.69, 9.17) is 4.42 Å². The minimum atomic E-state index is -0.555. The van der Waals surface area contributed by atoms with E-state index in [2.05, 4.69) is 34.9 Å². The lowest BCUT2D eigenvalue weighted by molar-refractivity contribution is -0.946. The monoisotopic (exact) mass is 382 g/mol. The quantitative estimate of drug-likeness (QED) is 0.679. The molecule has 28 heavy (non-hydrogen) atoms. The SMILES string of the molecule is O=C(NC[C@@H](c1ccco1)[NH+]1CCc2ccccc2C1)C(=O)NC1CCCC1. The Morgan fingerprint density at radius 1 is 1.07 bits per heavy atom. The van der Waals surface area contributed by atoms with Crippen molar-refractivity contribution in [2.24, 2.45) is 0 Å². The van der Waals surface area contributed by atoms with Crippen LogP contribution in [0.4, 0.5) is 0 Å². The van der Waals surface area contributed by atoms with Gasteiger partial charge in [0.25, 0.3) is 0 Å². The van der Waals surface area contributed by atoms with Crippen LogP contribution in [0.1, 0.15) is 48.6 Å². The van der Waals surface area contributed by atoms with Crippen LogP contribution < -0.4 is 15.5 Å². The molecule has 4 rings (SSSR count). The number of carbonyl (C=O) groups is 2. The summed E-state index contributed by atoms with van der Waals surface area (Å²) in [6, 6.07) is 12.4. The lowest BCUT2D eigenvalue weighted by Crippen LogP contribution is -3.12. The summed E-state index contributed by atoms with van der Waals surface area (Å²) >= 11 is 0. The van der Waals surface area contributed by atoms with Gasteiger partial charge in [-0.1, -0.05) is 37.1 Å². The maximum absolute atomic E-state index is 12.3. The molecule has 1 aromatic carbocycles. The molecule has 148 valence electrons. The number of rotatable bonds is 5. The number of nitrogens with one attached hydrogen (secondary N) is 3. The van der Waals surface area contributed by atoms with E-state index in [1.165, 1.54) is 16.0 Å². The second-order valence-electron chi connectivity index (χ2n) is 7.84. The smallest absolute Gasteiger partial charge is 0.309 e. The van der Waals surface area contributed by atoms with Gasteiger partial charge in [0.1, 0.15) is 6.54 Å². The molecule has 2 atom stereocenters. The van der Waals surface area contributed by atoms with E-state index in [0.29, 0.717) is 6.54 Å². The molecule has 1 unspecified atom stereocenters. The van der Waals surface area contributed by atoms with Gasteiger partial charge in [-0.3, -0.25) is 9.59 Å². The highest BCUT2D eigenvalue weighted by atomic mass is 16.3. The summed E-state index contributed by atoms with van der Waals surface area (Å²) in [5.41, 5.74) is 2.73. The van der Waals surface area contributed by atoms with Gasteiger partial charge in [0, 0.05) is 18.0 Å². The van der Waals surface area contributed by atoms with Crippen LogP contribution in [0.15, 0.2) is 47.1 Å². The molecule has 2 aliphatic rings. The summed E-state index contributed by atoms with van der Waals surface area (Å²) in [6.07, 6.45) is 6.82. The molecule has 0 bridgehead atoms. The largest absolute Gasteiger partial charge is 0.463 e. The van der Waals surface area contributed by atoms with Crippen molar-refractivity contribution >= 4 is 11.8 Å². The van der Waals surface area contributed by atoms with Crippen LogP contribution in [0, 0.1) is 0 Å². The highest BCUT2D eigenvalue weighted by Crippen LogP contribution is 2.18. The third kappa shape index (κ3) is 4.28. The van der Waals surface area contributed by atoms with E-state index in [1.807, 2.05) is 12.1 Å². The number of hydrogen-bond acceptors (Lipinski definition) is 3. The molecular weight excluding hydrogens is 354 g/mol. The Hall–Kier alpha value is -2.60. The van der Waals surface area contributed by atoms with Crippen molar-refractivity contribution in [1.29, 1.82) is 0 Å². The Labute approximate surface area is 165 Å². The van der Waals surface area contributed by atoms with E-state index in [1.54, 1.807) is 6.26 Å². The lowest BCUT2D eigenvalue weighted by atomic mass is 9.98. The van der Waals surface area contributed by atoms with Crippen LogP contribution in [-0.4, -0.2) is 30.9 Å². The number of furan rings is 1. The van der Waals surface area contributed by atoms with Crippen LogP contribution in [0.25, 0.3) is 0 Å². The summed E-state index contributed by atoms with van der Waals surface area (Å²) in [6.45, 7) is 2.22. The predicted octanol–water partition coefficient (Wildman–Crippen LogP) is 1.14. The van der Waals surface area contributed by atoms with Crippen LogP contribution in [0.3, 0.4) is 0 Å². The fourth-order valence-corrected chi connectivity index (χ4v) is 4.43. The molecule has 1 fully saturated rings. The van der Waals surface area contributed by atoms with E-state index < -0.39 is 11.8 Å². The molecule has 1 aliphatic heterocycles. The van der Waals surface area contributed by atoms with Crippen LogP contribution in [0.2, 0.25) is 0 Å². The summed E-state index contributed by atoms with van der Waals surface area (Å²) in [7, 11) is 0. The summed E-state index contributed by atoms with van der Waals surface area (Å²) in [5, 5.41) is 5.68. The number of quaternary nitrogens is 1. The van der Waals surface area contributed by atoms with Gasteiger partial charge in [0.15, 0.2) is 11.8 Å². The first-order valence-corrected chi connectivity index (χ1v) is 10.2. The van der Waals surface area contributed by atoms with Gasteiger partial charge in [-0.25, -0.2) is 0 Å².